The second-order valence-electron chi connectivity index (χ2n) is 6.55. The quantitative estimate of drug-likeness (QED) is 0.751. The van der Waals surface area contributed by atoms with Crippen molar-refractivity contribution >= 4 is 28.9 Å². The van der Waals surface area contributed by atoms with Crippen LogP contribution in [0.3, 0.4) is 0 Å². The number of thioether (sulfide) groups is 1. The molecule has 1 saturated heterocycles. The fraction of sp³-hybridized carbons (Fsp3) is 0.500. The minimum Gasteiger partial charge on any atom is -0.493 e. The Morgan fingerprint density at radius 2 is 2.08 bits per heavy atom. The summed E-state index contributed by atoms with van der Waals surface area (Å²) in [6, 6.07) is 6.06. The summed E-state index contributed by atoms with van der Waals surface area (Å²) >= 11 is 1.42. The Bertz CT molecular complexity index is 709. The Balaban J connectivity index is 1.72. The zero-order chi connectivity index (χ0) is 18.4. The van der Waals surface area contributed by atoms with Crippen LogP contribution in [-0.4, -0.2) is 30.8 Å². The molecule has 1 heterocycles. The summed E-state index contributed by atoms with van der Waals surface area (Å²) in [4.78, 5) is 17.6. The molecule has 3 rings (SSSR count). The molecule has 0 aromatic heterocycles. The van der Waals surface area contributed by atoms with Crippen LogP contribution < -0.4 is 14.8 Å². The third-order valence-electron chi connectivity index (χ3n) is 4.47. The van der Waals surface area contributed by atoms with Crippen molar-refractivity contribution in [3.05, 3.63) is 28.7 Å². The topological polar surface area (TPSA) is 59.9 Å². The molecule has 5 nitrogen and oxygen atoms in total. The normalized spacial score (nSPS) is 21.2. The number of carbonyl (C=O) groups is 1. The first kappa shape index (κ1) is 18.8. The van der Waals surface area contributed by atoms with Crippen molar-refractivity contribution in [2.24, 2.45) is 4.99 Å². The maximum atomic E-state index is 12.3. The lowest BCUT2D eigenvalue weighted by molar-refractivity contribution is -0.115. The van der Waals surface area contributed by atoms with Crippen LogP contribution in [0, 0.1) is 0 Å². The Kier molecular flexibility index (Phi) is 6.61. The van der Waals surface area contributed by atoms with Crippen LogP contribution >= 0.6 is 11.8 Å². The van der Waals surface area contributed by atoms with Crippen molar-refractivity contribution < 1.29 is 14.3 Å². The number of ether oxygens (including phenoxy) is 2. The molecule has 1 saturated carbocycles. The van der Waals surface area contributed by atoms with Gasteiger partial charge in [0.1, 0.15) is 0 Å². The van der Waals surface area contributed by atoms with E-state index in [1.807, 2.05) is 24.3 Å². The van der Waals surface area contributed by atoms with Gasteiger partial charge >= 0.3 is 0 Å². The molecular formula is C20H26N2O3S. The van der Waals surface area contributed by atoms with Crippen LogP contribution in [0.5, 0.6) is 11.5 Å². The van der Waals surface area contributed by atoms with Gasteiger partial charge in [-0.15, -0.1) is 0 Å². The molecule has 1 aromatic carbocycles. The molecule has 0 unspecified atom stereocenters. The van der Waals surface area contributed by atoms with Gasteiger partial charge in [-0.3, -0.25) is 9.79 Å². The van der Waals surface area contributed by atoms with E-state index in [0.29, 0.717) is 23.3 Å². The molecule has 6 heteroatoms. The summed E-state index contributed by atoms with van der Waals surface area (Å²) in [5.41, 5.74) is 0.905. The van der Waals surface area contributed by atoms with Crippen molar-refractivity contribution in [2.75, 3.05) is 13.7 Å². The zero-order valence-electron chi connectivity index (χ0n) is 15.4. The van der Waals surface area contributed by atoms with Gasteiger partial charge in [-0.1, -0.05) is 32.3 Å². The number of hydrogen-bond acceptors (Lipinski definition) is 5. The van der Waals surface area contributed by atoms with Crippen LogP contribution in [-0.2, 0) is 4.79 Å². The summed E-state index contributed by atoms with van der Waals surface area (Å²) in [5.74, 6) is 1.31. The molecule has 0 spiro atoms. The lowest BCUT2D eigenvalue weighted by Crippen LogP contribution is -2.22. The van der Waals surface area contributed by atoms with E-state index in [1.54, 1.807) is 7.11 Å². The average molecular weight is 375 g/mol. The minimum atomic E-state index is -0.0881. The highest BCUT2D eigenvalue weighted by Crippen LogP contribution is 2.32. The van der Waals surface area contributed by atoms with Gasteiger partial charge in [0.25, 0.3) is 5.91 Å². The maximum Gasteiger partial charge on any atom is 0.264 e. The van der Waals surface area contributed by atoms with Crippen molar-refractivity contribution in [1.82, 2.24) is 5.32 Å². The number of nitrogens with one attached hydrogen (secondary N) is 1. The predicted molar refractivity (Wildman–Crippen MR) is 107 cm³/mol. The third kappa shape index (κ3) is 4.81. The molecular weight excluding hydrogens is 348 g/mol. The number of benzene rings is 1. The first-order chi connectivity index (χ1) is 12.7. The third-order valence-corrected chi connectivity index (χ3v) is 5.40. The van der Waals surface area contributed by atoms with E-state index in [4.69, 9.17) is 14.5 Å². The molecule has 26 heavy (non-hydrogen) atoms. The molecule has 1 aliphatic carbocycles. The summed E-state index contributed by atoms with van der Waals surface area (Å²) in [6.07, 6.45) is 8.81. The summed E-state index contributed by atoms with van der Waals surface area (Å²) in [6.45, 7) is 2.71. The van der Waals surface area contributed by atoms with Gasteiger partial charge in [0.15, 0.2) is 16.7 Å². The van der Waals surface area contributed by atoms with Crippen LogP contribution in [0.25, 0.3) is 6.08 Å². The zero-order valence-corrected chi connectivity index (χ0v) is 16.2. The molecule has 1 aromatic rings. The largest absolute Gasteiger partial charge is 0.493 e. The fourth-order valence-electron chi connectivity index (χ4n) is 3.12. The summed E-state index contributed by atoms with van der Waals surface area (Å²) in [5, 5.41) is 3.61. The van der Waals surface area contributed by atoms with Crippen molar-refractivity contribution in [3.8, 4) is 11.5 Å². The van der Waals surface area contributed by atoms with E-state index < -0.39 is 0 Å². The van der Waals surface area contributed by atoms with E-state index in [9.17, 15) is 4.79 Å². The number of aliphatic imine (C=N–C) groups is 1. The van der Waals surface area contributed by atoms with Crippen LogP contribution in [0.2, 0.25) is 0 Å². The molecule has 1 aliphatic heterocycles. The second kappa shape index (κ2) is 9.12. The van der Waals surface area contributed by atoms with Gasteiger partial charge in [-0.05, 0) is 54.8 Å². The van der Waals surface area contributed by atoms with Crippen molar-refractivity contribution in [2.45, 2.75) is 51.5 Å². The Hall–Kier alpha value is -1.95. The minimum absolute atomic E-state index is 0.0881. The Morgan fingerprint density at radius 1 is 1.27 bits per heavy atom. The molecule has 140 valence electrons. The SMILES string of the molecule is CCCOc1ccc(/C=C2\SC(=NC3CCCCC3)NC2=O)cc1OC. The van der Waals surface area contributed by atoms with E-state index in [2.05, 4.69) is 12.2 Å². The van der Waals surface area contributed by atoms with Crippen LogP contribution in [0.1, 0.15) is 51.0 Å². The smallest absolute Gasteiger partial charge is 0.264 e. The first-order valence-electron chi connectivity index (χ1n) is 9.29. The van der Waals surface area contributed by atoms with Gasteiger partial charge in [-0.25, -0.2) is 0 Å². The molecule has 0 bridgehead atoms. The lowest BCUT2D eigenvalue weighted by Gasteiger charge is -2.17. The summed E-state index contributed by atoms with van der Waals surface area (Å²) < 4.78 is 11.1. The number of amides is 1. The van der Waals surface area contributed by atoms with Crippen LogP contribution in [0.15, 0.2) is 28.1 Å². The number of methoxy groups -OCH3 is 1. The van der Waals surface area contributed by atoms with Crippen molar-refractivity contribution in [1.29, 1.82) is 0 Å². The monoisotopic (exact) mass is 374 g/mol. The lowest BCUT2D eigenvalue weighted by atomic mass is 9.96. The summed E-state index contributed by atoms with van der Waals surface area (Å²) in [7, 11) is 1.62. The fourth-order valence-corrected chi connectivity index (χ4v) is 4.01. The highest BCUT2D eigenvalue weighted by Gasteiger charge is 2.25. The number of hydrogen-bond donors (Lipinski definition) is 1. The van der Waals surface area contributed by atoms with E-state index in [0.717, 1.165) is 35.7 Å². The molecule has 0 atom stereocenters. The van der Waals surface area contributed by atoms with E-state index in [-0.39, 0.29) is 5.91 Å². The van der Waals surface area contributed by atoms with Gasteiger partial charge in [-0.2, -0.15) is 0 Å². The molecule has 1 N–H and O–H groups in total. The molecule has 1 amide bonds. The number of rotatable bonds is 6. The van der Waals surface area contributed by atoms with E-state index >= 15 is 0 Å². The van der Waals surface area contributed by atoms with Gasteiger partial charge in [0.2, 0.25) is 0 Å². The van der Waals surface area contributed by atoms with Gasteiger partial charge in [0, 0.05) is 0 Å². The number of nitrogens with zero attached hydrogens (tertiary/aromatic N) is 1. The van der Waals surface area contributed by atoms with Gasteiger partial charge in [0.05, 0.1) is 24.7 Å². The molecule has 2 fully saturated rings. The van der Waals surface area contributed by atoms with Crippen molar-refractivity contribution in [3.63, 3.8) is 0 Å². The number of amidine groups is 1. The Morgan fingerprint density at radius 3 is 2.81 bits per heavy atom. The average Bonchev–Trinajstić information content (AvgIpc) is 3.00. The molecule has 2 aliphatic rings. The maximum absolute atomic E-state index is 12.3. The van der Waals surface area contributed by atoms with Crippen LogP contribution in [0.4, 0.5) is 0 Å². The first-order valence-corrected chi connectivity index (χ1v) is 10.1. The Labute approximate surface area is 159 Å². The highest BCUT2D eigenvalue weighted by molar-refractivity contribution is 8.18. The highest BCUT2D eigenvalue weighted by atomic mass is 32.2. The molecule has 0 radical (unpaired) electrons. The predicted octanol–water partition coefficient (Wildman–Crippen LogP) is 4.38. The number of carbonyl (C=O) groups excluding carboxylic acids is 1. The second-order valence-corrected chi connectivity index (χ2v) is 7.58. The van der Waals surface area contributed by atoms with E-state index in [1.165, 1.54) is 31.0 Å². The van der Waals surface area contributed by atoms with Gasteiger partial charge < -0.3 is 14.8 Å². The standard InChI is InChI=1S/C20H26N2O3S/c1-3-11-25-16-10-9-14(12-17(16)24-2)13-18-19(23)22-20(26-18)21-15-7-5-4-6-8-15/h9-10,12-13,15H,3-8,11H2,1-2H3,(H,21,22,23)/b18-13-.